The maximum absolute atomic E-state index is 9.62. The van der Waals surface area contributed by atoms with Gasteiger partial charge in [0.05, 0.1) is 0 Å². The van der Waals surface area contributed by atoms with Crippen molar-refractivity contribution in [3.8, 4) is 0 Å². The fourth-order valence-corrected chi connectivity index (χ4v) is 0.301. The monoisotopic (exact) mass is 136 g/mol. The van der Waals surface area contributed by atoms with Crippen molar-refractivity contribution >= 4 is 17.7 Å². The molecule has 0 spiro atoms. The van der Waals surface area contributed by atoms with Crippen molar-refractivity contribution in [3.05, 3.63) is 0 Å². The molecule has 0 aliphatic carbocycles. The van der Waals surface area contributed by atoms with E-state index in [2.05, 4.69) is 0 Å². The molecule has 0 aliphatic heterocycles. The minimum absolute atomic E-state index is 0.173. The molecule has 0 aliphatic rings. The van der Waals surface area contributed by atoms with Gasteiger partial charge in [0, 0.05) is 11.9 Å². The predicted octanol–water partition coefficient (Wildman–Crippen LogP) is 0.754. The minimum atomic E-state index is -1.28. The summed E-state index contributed by atoms with van der Waals surface area (Å²) in [6, 6.07) is 0. The molecule has 0 aromatic rings. The fourth-order valence-electron chi connectivity index (χ4n) is 0.224. The Kier molecular flexibility index (Phi) is 3.35. The highest BCUT2D eigenvalue weighted by Crippen LogP contribution is 1.88. The van der Waals surface area contributed by atoms with E-state index in [1.807, 2.05) is 5.32 Å². The molecular weight excluding hydrogens is 130 g/mol. The number of hydrogen-bond acceptors (Lipinski definition) is 1. The van der Waals surface area contributed by atoms with Gasteiger partial charge < -0.3 is 5.32 Å². The number of hydrogen-bond donors (Lipinski definition) is 1. The third kappa shape index (κ3) is 5.56. The zero-order valence-corrected chi connectivity index (χ0v) is 5.23. The Morgan fingerprint density at radius 3 is 2.50 bits per heavy atom. The van der Waals surface area contributed by atoms with Crippen LogP contribution in [0.25, 0.3) is 0 Å². The van der Waals surface area contributed by atoms with Crippen molar-refractivity contribution in [1.29, 1.82) is 0 Å². The lowest BCUT2D eigenvalue weighted by molar-refractivity contribution is 0.169. The lowest BCUT2D eigenvalue weighted by atomic mass is 10.5. The second kappa shape index (κ2) is 3.55. The van der Waals surface area contributed by atoms with Crippen LogP contribution in [-0.4, -0.2) is 18.0 Å². The first kappa shape index (κ1) is 7.56. The standard InChI is InChI=1S/C4H7ClNO2/c1-3(5)2-6-4(7)8/h3,6H,2H2,1H3. The highest BCUT2D eigenvalue weighted by molar-refractivity contribution is 6.20. The third-order valence-corrected chi connectivity index (χ3v) is 0.682. The Labute approximate surface area is 52.6 Å². The number of nitrogens with one attached hydrogen (secondary N) is 1. The SMILES string of the molecule is CC(Cl)CNC([O])=O. The van der Waals surface area contributed by atoms with Crippen molar-refractivity contribution in [2.75, 3.05) is 6.54 Å². The summed E-state index contributed by atoms with van der Waals surface area (Å²) in [5, 5.41) is 11.5. The van der Waals surface area contributed by atoms with Gasteiger partial charge in [0.1, 0.15) is 0 Å². The van der Waals surface area contributed by atoms with Crippen LogP contribution in [0.3, 0.4) is 0 Å². The van der Waals surface area contributed by atoms with Crippen LogP contribution in [0.4, 0.5) is 4.79 Å². The van der Waals surface area contributed by atoms with Crippen LogP contribution < -0.4 is 5.32 Å². The summed E-state index contributed by atoms with van der Waals surface area (Å²) in [6.07, 6.45) is -1.28. The van der Waals surface area contributed by atoms with E-state index in [1.54, 1.807) is 6.92 Å². The zero-order chi connectivity index (χ0) is 6.57. The van der Waals surface area contributed by atoms with Crippen LogP contribution in [0.1, 0.15) is 6.92 Å². The topological polar surface area (TPSA) is 49.0 Å². The smallest absolute Gasteiger partial charge is 0.317 e. The van der Waals surface area contributed by atoms with Crippen molar-refractivity contribution in [1.82, 2.24) is 5.32 Å². The van der Waals surface area contributed by atoms with Gasteiger partial charge in [0.15, 0.2) is 0 Å². The van der Waals surface area contributed by atoms with E-state index in [0.29, 0.717) is 0 Å². The lowest BCUT2D eigenvalue weighted by Crippen LogP contribution is -2.25. The Bertz CT molecular complexity index is 84.1. The van der Waals surface area contributed by atoms with Gasteiger partial charge in [0.2, 0.25) is 0 Å². The van der Waals surface area contributed by atoms with E-state index in [9.17, 15) is 9.90 Å². The predicted molar refractivity (Wildman–Crippen MR) is 29.4 cm³/mol. The van der Waals surface area contributed by atoms with Gasteiger partial charge in [-0.1, -0.05) is 0 Å². The minimum Gasteiger partial charge on any atom is -0.317 e. The van der Waals surface area contributed by atoms with Crippen molar-refractivity contribution in [2.45, 2.75) is 12.3 Å². The summed E-state index contributed by atoms with van der Waals surface area (Å²) >= 11 is 5.37. The average molecular weight is 137 g/mol. The van der Waals surface area contributed by atoms with Crippen molar-refractivity contribution in [3.63, 3.8) is 0 Å². The summed E-state index contributed by atoms with van der Waals surface area (Å²) in [4.78, 5) is 9.62. The normalized spacial score (nSPS) is 12.8. The van der Waals surface area contributed by atoms with Crippen LogP contribution >= 0.6 is 11.6 Å². The Hall–Kier alpha value is -0.440. The quantitative estimate of drug-likeness (QED) is 0.560. The van der Waals surface area contributed by atoms with Gasteiger partial charge >= 0.3 is 6.09 Å². The van der Waals surface area contributed by atoms with E-state index < -0.39 is 6.09 Å². The summed E-state index contributed by atoms with van der Waals surface area (Å²) in [5.74, 6) is 0. The molecule has 0 aromatic heterocycles. The van der Waals surface area contributed by atoms with Crippen LogP contribution in [0.2, 0.25) is 0 Å². The molecule has 47 valence electrons. The molecule has 4 heteroatoms. The van der Waals surface area contributed by atoms with Gasteiger partial charge in [0.25, 0.3) is 0 Å². The highest BCUT2D eigenvalue weighted by atomic mass is 35.5. The van der Waals surface area contributed by atoms with Crippen LogP contribution in [0.5, 0.6) is 0 Å². The second-order valence-electron chi connectivity index (χ2n) is 1.45. The first-order valence-electron chi connectivity index (χ1n) is 2.22. The third-order valence-electron chi connectivity index (χ3n) is 0.528. The average Bonchev–Trinajstić information content (AvgIpc) is 1.61. The van der Waals surface area contributed by atoms with E-state index in [-0.39, 0.29) is 11.9 Å². The number of alkyl halides is 1. The highest BCUT2D eigenvalue weighted by Gasteiger charge is 1.98. The number of amides is 1. The van der Waals surface area contributed by atoms with Crippen LogP contribution in [0, 0.1) is 0 Å². The molecule has 1 N–H and O–H groups in total. The molecule has 0 bridgehead atoms. The number of carbonyl (C=O) groups excluding carboxylic acids is 1. The zero-order valence-electron chi connectivity index (χ0n) is 4.48. The molecule has 8 heavy (non-hydrogen) atoms. The summed E-state index contributed by atoms with van der Waals surface area (Å²) in [6.45, 7) is 1.93. The summed E-state index contributed by atoms with van der Waals surface area (Å²) in [7, 11) is 0. The molecule has 3 nitrogen and oxygen atoms in total. The van der Waals surface area contributed by atoms with E-state index in [0.717, 1.165) is 0 Å². The maximum Gasteiger partial charge on any atom is 0.450 e. The molecule has 0 heterocycles. The van der Waals surface area contributed by atoms with Gasteiger partial charge in [-0.25, -0.2) is 9.90 Å². The van der Waals surface area contributed by atoms with Gasteiger partial charge in [-0.3, -0.25) is 0 Å². The fraction of sp³-hybridized carbons (Fsp3) is 0.750. The van der Waals surface area contributed by atoms with Crippen molar-refractivity contribution < 1.29 is 9.90 Å². The Balaban J connectivity index is 3.05. The molecule has 0 fully saturated rings. The first-order valence-corrected chi connectivity index (χ1v) is 2.65. The molecule has 0 saturated heterocycles. The molecule has 1 unspecified atom stereocenters. The van der Waals surface area contributed by atoms with E-state index in [4.69, 9.17) is 11.6 Å². The van der Waals surface area contributed by atoms with Crippen molar-refractivity contribution in [2.24, 2.45) is 0 Å². The summed E-state index contributed by atoms with van der Waals surface area (Å²) in [5.41, 5.74) is 0. The number of rotatable bonds is 2. The second-order valence-corrected chi connectivity index (χ2v) is 2.19. The van der Waals surface area contributed by atoms with Gasteiger partial charge in [-0.05, 0) is 6.92 Å². The van der Waals surface area contributed by atoms with Crippen LogP contribution in [-0.2, 0) is 5.11 Å². The molecule has 0 rings (SSSR count). The Morgan fingerprint density at radius 1 is 1.88 bits per heavy atom. The van der Waals surface area contributed by atoms with Gasteiger partial charge in [-0.2, -0.15) is 0 Å². The molecule has 0 saturated carbocycles. The first-order chi connectivity index (χ1) is 3.63. The maximum atomic E-state index is 9.62. The molecule has 1 atom stereocenters. The molecule has 0 aromatic carbocycles. The summed E-state index contributed by atoms with van der Waals surface area (Å²) < 4.78 is 0. The molecule has 1 radical (unpaired) electrons. The van der Waals surface area contributed by atoms with E-state index >= 15 is 0 Å². The lowest BCUT2D eigenvalue weighted by Gasteiger charge is -1.97. The van der Waals surface area contributed by atoms with Crippen LogP contribution in [0.15, 0.2) is 0 Å². The number of halogens is 1. The number of carbonyl (C=O) groups is 1. The Morgan fingerprint density at radius 2 is 2.38 bits per heavy atom. The van der Waals surface area contributed by atoms with E-state index in [1.165, 1.54) is 0 Å². The molecular formula is C4H7ClNO2. The molecule has 1 amide bonds. The largest absolute Gasteiger partial charge is 0.450 e. The van der Waals surface area contributed by atoms with Gasteiger partial charge in [-0.15, -0.1) is 11.6 Å².